The predicted molar refractivity (Wildman–Crippen MR) is 75.4 cm³/mol. The van der Waals surface area contributed by atoms with E-state index in [0.29, 0.717) is 17.2 Å². The number of nitrogens with two attached hydrogens (primary N) is 1. The summed E-state index contributed by atoms with van der Waals surface area (Å²) in [4.78, 5) is 11.6. The molecule has 0 bridgehead atoms. The van der Waals surface area contributed by atoms with Crippen LogP contribution in [0.15, 0.2) is 23.0 Å². The Morgan fingerprint density at radius 3 is 2.63 bits per heavy atom. The molecule has 0 radical (unpaired) electrons. The number of aromatic nitrogens is 2. The van der Waals surface area contributed by atoms with Gasteiger partial charge >= 0.3 is 0 Å². The van der Waals surface area contributed by atoms with Crippen molar-refractivity contribution in [1.82, 2.24) is 10.2 Å². The summed E-state index contributed by atoms with van der Waals surface area (Å²) in [6, 6.07) is 5.98. The first-order valence-corrected chi connectivity index (χ1v) is 6.26. The largest absolute Gasteiger partial charge is 0.496 e. The lowest BCUT2D eigenvalue weighted by Crippen LogP contribution is -2.10. The molecule has 1 aromatic carbocycles. The molecular formula is C14H19N3O2. The van der Waals surface area contributed by atoms with Crippen LogP contribution in [0.5, 0.6) is 5.75 Å². The van der Waals surface area contributed by atoms with Gasteiger partial charge in [0.15, 0.2) is 0 Å². The van der Waals surface area contributed by atoms with E-state index >= 15 is 0 Å². The average Bonchev–Trinajstić information content (AvgIpc) is 2.78. The van der Waals surface area contributed by atoms with Crippen LogP contribution in [-0.4, -0.2) is 17.3 Å². The highest BCUT2D eigenvalue weighted by Gasteiger charge is 2.15. The summed E-state index contributed by atoms with van der Waals surface area (Å²) < 4.78 is 5.42. The average molecular weight is 261 g/mol. The number of aromatic amines is 2. The predicted octanol–water partition coefficient (Wildman–Crippen LogP) is 1.96. The van der Waals surface area contributed by atoms with Crippen LogP contribution >= 0.6 is 0 Å². The monoisotopic (exact) mass is 261 g/mol. The summed E-state index contributed by atoms with van der Waals surface area (Å²) in [6.07, 6.45) is 0. The third kappa shape index (κ3) is 2.42. The minimum absolute atomic E-state index is 0.184. The molecule has 0 saturated heterocycles. The molecule has 0 aliphatic carbocycles. The van der Waals surface area contributed by atoms with Crippen molar-refractivity contribution in [3.8, 4) is 17.0 Å². The second-order valence-electron chi connectivity index (χ2n) is 4.75. The van der Waals surface area contributed by atoms with Crippen LogP contribution in [0.3, 0.4) is 0 Å². The van der Waals surface area contributed by atoms with Gasteiger partial charge in [0.2, 0.25) is 0 Å². The number of nitrogens with one attached hydrogen (secondary N) is 2. The van der Waals surface area contributed by atoms with Gasteiger partial charge in [-0.1, -0.05) is 19.9 Å². The molecule has 0 amide bonds. The minimum atomic E-state index is -0.188. The Bertz CT molecular complexity index is 626. The molecule has 1 heterocycles. The summed E-state index contributed by atoms with van der Waals surface area (Å²) in [7, 11) is 1.62. The Labute approximate surface area is 111 Å². The molecule has 0 aliphatic heterocycles. The van der Waals surface area contributed by atoms with E-state index in [4.69, 9.17) is 10.5 Å². The lowest BCUT2D eigenvalue weighted by Gasteiger charge is -2.12. The molecule has 0 aliphatic rings. The number of H-pyrrole nitrogens is 2. The zero-order chi connectivity index (χ0) is 14.0. The second-order valence-corrected chi connectivity index (χ2v) is 4.75. The van der Waals surface area contributed by atoms with Crippen LogP contribution < -0.4 is 16.0 Å². The fourth-order valence-electron chi connectivity index (χ4n) is 2.08. The number of methoxy groups -OCH3 is 1. The van der Waals surface area contributed by atoms with E-state index < -0.39 is 0 Å². The molecule has 5 nitrogen and oxygen atoms in total. The minimum Gasteiger partial charge on any atom is -0.496 e. The highest BCUT2D eigenvalue weighted by atomic mass is 16.5. The van der Waals surface area contributed by atoms with Gasteiger partial charge in [0.1, 0.15) is 5.75 Å². The van der Waals surface area contributed by atoms with Crippen LogP contribution in [0.25, 0.3) is 11.3 Å². The maximum Gasteiger partial charge on any atom is 0.269 e. The third-order valence-electron chi connectivity index (χ3n) is 3.24. The van der Waals surface area contributed by atoms with E-state index in [1.807, 2.05) is 18.2 Å². The standard InChI is InChI=1S/C14H19N3O2/c1-8(2)9-4-5-10(12(6-9)19-3)13-11(7-15)14(18)17-16-13/h4-6,8H,7,15H2,1-3H3,(H2,16,17,18). The number of rotatable bonds is 4. The Balaban J connectivity index is 2.58. The summed E-state index contributed by atoms with van der Waals surface area (Å²) in [5.74, 6) is 1.15. The van der Waals surface area contributed by atoms with Crippen molar-refractivity contribution in [2.24, 2.45) is 5.73 Å². The maximum atomic E-state index is 11.6. The summed E-state index contributed by atoms with van der Waals surface area (Å²) >= 11 is 0. The van der Waals surface area contributed by atoms with Crippen LogP contribution in [0.4, 0.5) is 0 Å². The van der Waals surface area contributed by atoms with Crippen molar-refractivity contribution in [2.75, 3.05) is 7.11 Å². The van der Waals surface area contributed by atoms with Gasteiger partial charge in [0.25, 0.3) is 5.56 Å². The molecule has 0 fully saturated rings. The number of benzene rings is 1. The van der Waals surface area contributed by atoms with Gasteiger partial charge in [-0.25, -0.2) is 0 Å². The first-order chi connectivity index (χ1) is 9.08. The maximum absolute atomic E-state index is 11.6. The van der Waals surface area contributed by atoms with Gasteiger partial charge in [-0.05, 0) is 23.6 Å². The van der Waals surface area contributed by atoms with Gasteiger partial charge in [-0.3, -0.25) is 15.0 Å². The molecule has 0 saturated carbocycles. The van der Waals surface area contributed by atoms with E-state index in [2.05, 4.69) is 24.0 Å². The summed E-state index contributed by atoms with van der Waals surface area (Å²) in [5.41, 5.74) is 8.69. The van der Waals surface area contributed by atoms with Crippen LogP contribution in [-0.2, 0) is 6.54 Å². The normalized spacial score (nSPS) is 11.0. The van der Waals surface area contributed by atoms with Crippen molar-refractivity contribution < 1.29 is 4.74 Å². The number of hydrogen-bond acceptors (Lipinski definition) is 3. The van der Waals surface area contributed by atoms with E-state index in [1.165, 1.54) is 5.56 Å². The molecule has 0 unspecified atom stereocenters. The van der Waals surface area contributed by atoms with Gasteiger partial charge in [-0.2, -0.15) is 0 Å². The Kier molecular flexibility index (Phi) is 3.76. The van der Waals surface area contributed by atoms with Crippen LogP contribution in [0, 0.1) is 0 Å². The van der Waals surface area contributed by atoms with Gasteiger partial charge in [-0.15, -0.1) is 0 Å². The van der Waals surface area contributed by atoms with Gasteiger partial charge in [0, 0.05) is 12.1 Å². The van der Waals surface area contributed by atoms with Gasteiger partial charge < -0.3 is 10.5 Å². The molecule has 5 heteroatoms. The molecular weight excluding hydrogens is 242 g/mol. The first-order valence-electron chi connectivity index (χ1n) is 6.26. The molecule has 0 atom stereocenters. The van der Waals surface area contributed by atoms with Crippen LogP contribution in [0.2, 0.25) is 0 Å². The quantitative estimate of drug-likeness (QED) is 0.786. The molecule has 1 aromatic heterocycles. The molecule has 4 N–H and O–H groups in total. The van der Waals surface area contributed by atoms with E-state index in [1.54, 1.807) is 7.11 Å². The smallest absolute Gasteiger partial charge is 0.269 e. The Morgan fingerprint density at radius 2 is 2.05 bits per heavy atom. The molecule has 102 valence electrons. The van der Waals surface area contributed by atoms with E-state index in [9.17, 15) is 4.79 Å². The zero-order valence-electron chi connectivity index (χ0n) is 11.4. The van der Waals surface area contributed by atoms with Gasteiger partial charge in [0.05, 0.1) is 18.4 Å². The Hall–Kier alpha value is -2.01. The fourth-order valence-corrected chi connectivity index (χ4v) is 2.08. The number of hydrogen-bond donors (Lipinski definition) is 3. The third-order valence-corrected chi connectivity index (χ3v) is 3.24. The zero-order valence-corrected chi connectivity index (χ0v) is 11.4. The highest BCUT2D eigenvalue weighted by Crippen LogP contribution is 2.32. The van der Waals surface area contributed by atoms with Crippen molar-refractivity contribution in [3.63, 3.8) is 0 Å². The number of ether oxygens (including phenoxy) is 1. The lowest BCUT2D eigenvalue weighted by molar-refractivity contribution is 0.415. The van der Waals surface area contributed by atoms with E-state index in [-0.39, 0.29) is 12.1 Å². The molecule has 2 rings (SSSR count). The second kappa shape index (κ2) is 5.32. The molecule has 0 spiro atoms. The highest BCUT2D eigenvalue weighted by molar-refractivity contribution is 5.70. The molecule has 19 heavy (non-hydrogen) atoms. The summed E-state index contributed by atoms with van der Waals surface area (Å²) in [6.45, 7) is 4.43. The summed E-state index contributed by atoms with van der Waals surface area (Å²) in [5, 5.41) is 5.43. The Morgan fingerprint density at radius 1 is 1.32 bits per heavy atom. The molecule has 2 aromatic rings. The van der Waals surface area contributed by atoms with E-state index in [0.717, 1.165) is 11.3 Å². The van der Waals surface area contributed by atoms with Crippen molar-refractivity contribution in [2.45, 2.75) is 26.3 Å². The fraction of sp³-hybridized carbons (Fsp3) is 0.357. The van der Waals surface area contributed by atoms with Crippen LogP contribution in [0.1, 0.15) is 30.9 Å². The van der Waals surface area contributed by atoms with Crippen molar-refractivity contribution in [1.29, 1.82) is 0 Å². The lowest BCUT2D eigenvalue weighted by atomic mass is 9.98. The SMILES string of the molecule is COc1cc(C(C)C)ccc1-c1[nH][nH]c(=O)c1CN. The van der Waals surface area contributed by atoms with Crippen molar-refractivity contribution >= 4 is 0 Å². The first kappa shape index (κ1) is 13.4. The topological polar surface area (TPSA) is 83.9 Å². The van der Waals surface area contributed by atoms with Crippen molar-refractivity contribution in [3.05, 3.63) is 39.7 Å².